The van der Waals surface area contributed by atoms with E-state index in [1.807, 2.05) is 55.5 Å². The van der Waals surface area contributed by atoms with Gasteiger partial charge in [0.25, 0.3) is 0 Å². The number of aryl methyl sites for hydroxylation is 1. The number of hydrogen-bond donors (Lipinski definition) is 1. The molecule has 0 heterocycles. The summed E-state index contributed by atoms with van der Waals surface area (Å²) in [4.78, 5) is 40.5. The third kappa shape index (κ3) is 10.6. The van der Waals surface area contributed by atoms with Gasteiger partial charge in [-0.1, -0.05) is 61.9 Å². The molecule has 2 N–H and O–H groups in total. The maximum Gasteiger partial charge on any atom is 0.226 e. The van der Waals surface area contributed by atoms with Crippen LogP contribution in [0.1, 0.15) is 77.3 Å². The molecule has 0 saturated carbocycles. The van der Waals surface area contributed by atoms with Crippen LogP contribution in [0.4, 0.5) is 0 Å². The van der Waals surface area contributed by atoms with E-state index in [0.29, 0.717) is 19.4 Å². The van der Waals surface area contributed by atoms with Crippen molar-refractivity contribution in [3.63, 3.8) is 0 Å². The number of benzene rings is 2. The van der Waals surface area contributed by atoms with E-state index in [0.717, 1.165) is 49.0 Å². The summed E-state index contributed by atoms with van der Waals surface area (Å²) in [5, 5.41) is 0. The van der Waals surface area contributed by atoms with Gasteiger partial charge in [0, 0.05) is 25.3 Å². The van der Waals surface area contributed by atoms with Gasteiger partial charge in [-0.2, -0.15) is 0 Å². The number of hydrogen-bond acceptors (Lipinski definition) is 5. The zero-order valence-corrected chi connectivity index (χ0v) is 24.5. The lowest BCUT2D eigenvalue weighted by Gasteiger charge is -2.29. The first-order chi connectivity index (χ1) is 18.7. The van der Waals surface area contributed by atoms with Gasteiger partial charge in [0.15, 0.2) is 5.78 Å². The summed E-state index contributed by atoms with van der Waals surface area (Å²) >= 11 is 0. The van der Waals surface area contributed by atoms with E-state index in [2.05, 4.69) is 13.0 Å². The van der Waals surface area contributed by atoms with E-state index in [1.165, 1.54) is 6.92 Å². The molecule has 0 radical (unpaired) electrons. The van der Waals surface area contributed by atoms with Crippen LogP contribution in [0.25, 0.3) is 0 Å². The highest BCUT2D eigenvalue weighted by Gasteiger charge is 2.30. The second-order valence-electron chi connectivity index (χ2n) is 10.8. The Kier molecular flexibility index (Phi) is 13.9. The Balaban J connectivity index is 1.97. The van der Waals surface area contributed by atoms with E-state index in [1.54, 1.807) is 18.9 Å². The van der Waals surface area contributed by atoms with Gasteiger partial charge in [0.05, 0.1) is 12.1 Å². The number of para-hydroxylation sites is 1. The fraction of sp³-hybridized carbons (Fsp3) is 0.545. The predicted octanol–water partition coefficient (Wildman–Crippen LogP) is 5.80. The summed E-state index contributed by atoms with van der Waals surface area (Å²) in [6.45, 7) is 8.06. The molecule has 6 heteroatoms. The first kappa shape index (κ1) is 32.2. The number of carbonyl (C=O) groups is 3. The zero-order valence-electron chi connectivity index (χ0n) is 24.5. The van der Waals surface area contributed by atoms with Crippen molar-refractivity contribution in [3.05, 3.63) is 65.7 Å². The van der Waals surface area contributed by atoms with Crippen LogP contribution in [0.5, 0.6) is 5.75 Å². The quantitative estimate of drug-likeness (QED) is 0.260. The van der Waals surface area contributed by atoms with Gasteiger partial charge in [0.2, 0.25) is 5.91 Å². The molecule has 0 fully saturated rings. The fourth-order valence-corrected chi connectivity index (χ4v) is 4.94. The van der Waals surface area contributed by atoms with Crippen molar-refractivity contribution in [3.8, 4) is 5.75 Å². The molecule has 0 aliphatic carbocycles. The second kappa shape index (κ2) is 16.9. The van der Waals surface area contributed by atoms with Crippen molar-refractivity contribution in [2.75, 3.05) is 13.6 Å². The van der Waals surface area contributed by atoms with Gasteiger partial charge >= 0.3 is 0 Å². The SMILES string of the molecule is CCC[C@H](CCC(C)Oc1ccccc1CCCN)C(=O)N(C)[C@H](C)C(=O)C[C@H](Cc1ccccc1)C(C)=O. The van der Waals surface area contributed by atoms with Crippen LogP contribution >= 0.6 is 0 Å². The first-order valence-corrected chi connectivity index (χ1v) is 14.5. The fourth-order valence-electron chi connectivity index (χ4n) is 4.94. The number of carbonyl (C=O) groups excluding carboxylic acids is 3. The van der Waals surface area contributed by atoms with Gasteiger partial charge in [-0.05, 0) is 83.0 Å². The molecular formula is C33H48N2O4. The Morgan fingerprint density at radius 2 is 1.59 bits per heavy atom. The van der Waals surface area contributed by atoms with E-state index in [-0.39, 0.29) is 41.8 Å². The third-order valence-corrected chi connectivity index (χ3v) is 7.60. The summed E-state index contributed by atoms with van der Waals surface area (Å²) in [5.41, 5.74) is 7.87. The molecule has 0 bridgehead atoms. The summed E-state index contributed by atoms with van der Waals surface area (Å²) in [5.74, 6) is 0.211. The monoisotopic (exact) mass is 536 g/mol. The van der Waals surface area contributed by atoms with Crippen LogP contribution in [-0.4, -0.2) is 48.1 Å². The molecule has 0 aliphatic heterocycles. The van der Waals surface area contributed by atoms with Crippen LogP contribution in [0, 0.1) is 11.8 Å². The average molecular weight is 537 g/mol. The van der Waals surface area contributed by atoms with Crippen LogP contribution in [0.3, 0.4) is 0 Å². The molecule has 0 aromatic heterocycles. The van der Waals surface area contributed by atoms with E-state index in [9.17, 15) is 14.4 Å². The summed E-state index contributed by atoms with van der Waals surface area (Å²) in [6.07, 6.45) is 5.47. The summed E-state index contributed by atoms with van der Waals surface area (Å²) in [6, 6.07) is 17.2. The number of amides is 1. The topological polar surface area (TPSA) is 89.7 Å². The maximum absolute atomic E-state index is 13.5. The highest BCUT2D eigenvalue weighted by molar-refractivity contribution is 5.92. The lowest BCUT2D eigenvalue weighted by Crippen LogP contribution is -2.44. The molecule has 0 aliphatic rings. The Hall–Kier alpha value is -2.99. The van der Waals surface area contributed by atoms with Crippen molar-refractivity contribution in [2.24, 2.45) is 17.6 Å². The second-order valence-corrected chi connectivity index (χ2v) is 10.8. The van der Waals surface area contributed by atoms with Gasteiger partial charge in [0.1, 0.15) is 11.5 Å². The minimum Gasteiger partial charge on any atom is -0.490 e. The molecule has 39 heavy (non-hydrogen) atoms. The zero-order chi connectivity index (χ0) is 28.8. The molecule has 6 nitrogen and oxygen atoms in total. The number of nitrogens with zero attached hydrogens (tertiary/aromatic N) is 1. The number of ether oxygens (including phenoxy) is 1. The number of rotatable bonds is 18. The van der Waals surface area contributed by atoms with Crippen LogP contribution in [-0.2, 0) is 27.2 Å². The normalized spacial score (nSPS) is 14.2. The van der Waals surface area contributed by atoms with Crippen molar-refractivity contribution in [1.29, 1.82) is 0 Å². The lowest BCUT2D eigenvalue weighted by molar-refractivity contribution is -0.141. The number of nitrogens with two attached hydrogens (primary N) is 1. The lowest BCUT2D eigenvalue weighted by atomic mass is 9.89. The van der Waals surface area contributed by atoms with Crippen molar-refractivity contribution in [1.82, 2.24) is 4.90 Å². The number of likely N-dealkylation sites (N-methyl/N-ethyl adjacent to an activating group) is 1. The average Bonchev–Trinajstić information content (AvgIpc) is 2.93. The minimum absolute atomic E-state index is 0.00386. The number of ketones is 2. The van der Waals surface area contributed by atoms with E-state index >= 15 is 0 Å². The minimum atomic E-state index is -0.586. The molecule has 0 saturated heterocycles. The molecule has 4 atom stereocenters. The largest absolute Gasteiger partial charge is 0.490 e. The highest BCUT2D eigenvalue weighted by atomic mass is 16.5. The Labute approximate surface area is 235 Å². The molecule has 2 rings (SSSR count). The van der Waals surface area contributed by atoms with E-state index in [4.69, 9.17) is 10.5 Å². The summed E-state index contributed by atoms with van der Waals surface area (Å²) < 4.78 is 6.26. The van der Waals surface area contributed by atoms with Gasteiger partial charge in [-0.25, -0.2) is 0 Å². The smallest absolute Gasteiger partial charge is 0.226 e. The van der Waals surface area contributed by atoms with Gasteiger partial charge in [-0.15, -0.1) is 0 Å². The molecule has 2 aromatic rings. The van der Waals surface area contributed by atoms with Crippen LogP contribution in [0.2, 0.25) is 0 Å². The Morgan fingerprint density at radius 3 is 2.23 bits per heavy atom. The predicted molar refractivity (Wildman–Crippen MR) is 158 cm³/mol. The van der Waals surface area contributed by atoms with Gasteiger partial charge in [-0.3, -0.25) is 14.4 Å². The van der Waals surface area contributed by atoms with E-state index < -0.39 is 6.04 Å². The molecule has 0 spiro atoms. The highest BCUT2D eigenvalue weighted by Crippen LogP contribution is 2.25. The molecule has 214 valence electrons. The molecule has 1 unspecified atom stereocenters. The van der Waals surface area contributed by atoms with Crippen molar-refractivity contribution < 1.29 is 19.1 Å². The van der Waals surface area contributed by atoms with Crippen molar-refractivity contribution >= 4 is 17.5 Å². The maximum atomic E-state index is 13.5. The van der Waals surface area contributed by atoms with Crippen LogP contribution in [0.15, 0.2) is 54.6 Å². The third-order valence-electron chi connectivity index (χ3n) is 7.60. The standard InChI is InChI=1S/C33H48N2O4/c1-6-13-29(20-19-24(2)39-32-18-11-10-16-28(32)17-12-21-34)33(38)35(5)25(3)31(37)23-30(26(4)36)22-27-14-8-7-9-15-27/h7-11,14-16,18,24-25,29-30H,6,12-13,17,19-23,34H2,1-5H3/t24?,25-,29-,30+/m1/s1. The Bertz CT molecular complexity index is 1040. The number of Topliss-reactive ketones (excluding diaryl/α,β-unsaturated/α-hetero) is 2. The molecule has 1 amide bonds. The summed E-state index contributed by atoms with van der Waals surface area (Å²) in [7, 11) is 1.71. The first-order valence-electron chi connectivity index (χ1n) is 14.5. The van der Waals surface area contributed by atoms with Crippen LogP contribution < -0.4 is 10.5 Å². The van der Waals surface area contributed by atoms with Gasteiger partial charge < -0.3 is 15.4 Å². The Morgan fingerprint density at radius 1 is 0.923 bits per heavy atom. The molecule has 2 aromatic carbocycles. The van der Waals surface area contributed by atoms with Crippen molar-refractivity contribution in [2.45, 2.75) is 91.2 Å². The molecular weight excluding hydrogens is 488 g/mol.